The minimum Gasteiger partial charge on any atom is -0.439 e. The quantitative estimate of drug-likeness (QED) is 0.580. The van der Waals surface area contributed by atoms with Crippen LogP contribution in [-0.2, 0) is 9.53 Å². The van der Waals surface area contributed by atoms with Gasteiger partial charge in [-0.25, -0.2) is 0 Å². The predicted octanol–water partition coefficient (Wildman–Crippen LogP) is 4.33. The second kappa shape index (κ2) is 7.45. The van der Waals surface area contributed by atoms with Crippen LogP contribution in [-0.4, -0.2) is 33.1 Å². The molecule has 0 unspecified atom stereocenters. The molecule has 0 N–H and O–H groups in total. The minimum absolute atomic E-state index is 0.0239. The summed E-state index contributed by atoms with van der Waals surface area (Å²) in [6.07, 6.45) is 3.91. The van der Waals surface area contributed by atoms with Crippen LogP contribution in [0.15, 0.2) is 59.0 Å². The number of amides is 1. The topological polar surface area (TPSA) is 32.8 Å². The highest BCUT2D eigenvalue weighted by atomic mass is 32.2. The van der Waals surface area contributed by atoms with Gasteiger partial charge in [-0.2, -0.15) is 0 Å². The predicted molar refractivity (Wildman–Crippen MR) is 106 cm³/mol. The van der Waals surface area contributed by atoms with Crippen molar-refractivity contribution in [3.63, 3.8) is 0 Å². The molecule has 0 radical (unpaired) electrons. The Labute approximate surface area is 157 Å². The fourth-order valence-corrected chi connectivity index (χ4v) is 4.04. The van der Waals surface area contributed by atoms with Crippen LogP contribution in [0.25, 0.3) is 5.76 Å². The van der Waals surface area contributed by atoms with Gasteiger partial charge in [-0.05, 0) is 26.3 Å². The minimum atomic E-state index is -0.0239. The molecule has 0 atom stereocenters. The Balaban J connectivity index is 1.88. The summed E-state index contributed by atoms with van der Waals surface area (Å²) in [5, 5.41) is 0. The summed E-state index contributed by atoms with van der Waals surface area (Å²) in [7, 11) is 0. The van der Waals surface area contributed by atoms with E-state index in [0.29, 0.717) is 15.8 Å². The van der Waals surface area contributed by atoms with Gasteiger partial charge in [0.1, 0.15) is 4.32 Å². The number of thioether (sulfide) groups is 1. The number of nitrogens with zero attached hydrogens (tertiary/aromatic N) is 2. The first-order valence-corrected chi connectivity index (χ1v) is 9.45. The van der Waals surface area contributed by atoms with E-state index in [1.807, 2.05) is 61.4 Å². The fourth-order valence-electron chi connectivity index (χ4n) is 2.66. The average Bonchev–Trinajstić information content (AvgIpc) is 3.16. The van der Waals surface area contributed by atoms with Gasteiger partial charge in [0.15, 0.2) is 11.6 Å². The molecule has 0 bridgehead atoms. The molecule has 25 heavy (non-hydrogen) atoms. The zero-order valence-corrected chi connectivity index (χ0v) is 16.1. The van der Waals surface area contributed by atoms with Crippen molar-refractivity contribution in [1.82, 2.24) is 9.80 Å². The molecular weight excluding hydrogens is 352 g/mol. The number of hydrogen-bond acceptors (Lipinski definition) is 5. The number of ether oxygens (including phenoxy) is 1. The lowest BCUT2D eigenvalue weighted by atomic mass is 10.2. The van der Waals surface area contributed by atoms with Gasteiger partial charge >= 0.3 is 0 Å². The standard InChI is InChI=1S/C19H20N2O2S2/c1-4-20-12-15(14-9-7-6-8-10-14)23-16(20)11-13(3)17-18(22)21(5-2)19(24)25-17/h6-12H,4-5H2,1-3H3. The largest absolute Gasteiger partial charge is 0.439 e. The monoisotopic (exact) mass is 372 g/mol. The van der Waals surface area contributed by atoms with Crippen molar-refractivity contribution in [2.24, 2.45) is 0 Å². The molecule has 6 heteroatoms. The van der Waals surface area contributed by atoms with Crippen molar-refractivity contribution in [3.8, 4) is 0 Å². The molecule has 1 saturated heterocycles. The van der Waals surface area contributed by atoms with Crippen LogP contribution in [0, 0.1) is 0 Å². The third kappa shape index (κ3) is 3.50. The van der Waals surface area contributed by atoms with Crippen molar-refractivity contribution in [2.75, 3.05) is 13.1 Å². The second-order valence-corrected chi connectivity index (χ2v) is 7.30. The number of carbonyl (C=O) groups excluding carboxylic acids is 1. The van der Waals surface area contributed by atoms with E-state index < -0.39 is 0 Å². The number of hydrogen-bond donors (Lipinski definition) is 0. The lowest BCUT2D eigenvalue weighted by Gasteiger charge is -2.14. The van der Waals surface area contributed by atoms with Crippen LogP contribution in [0.4, 0.5) is 0 Å². The second-order valence-electron chi connectivity index (χ2n) is 5.66. The third-order valence-corrected chi connectivity index (χ3v) is 5.60. The van der Waals surface area contributed by atoms with Gasteiger partial charge in [0, 0.05) is 24.7 Å². The molecule has 2 heterocycles. The molecule has 1 amide bonds. The van der Waals surface area contributed by atoms with Crippen LogP contribution < -0.4 is 0 Å². The van der Waals surface area contributed by atoms with Gasteiger partial charge in [0.05, 0.1) is 11.1 Å². The van der Waals surface area contributed by atoms with E-state index in [1.54, 1.807) is 4.90 Å². The highest BCUT2D eigenvalue weighted by molar-refractivity contribution is 8.26. The molecule has 2 aliphatic heterocycles. The number of rotatable bonds is 4. The zero-order chi connectivity index (χ0) is 18.0. The number of thiocarbonyl (C=S) groups is 1. The Bertz CT molecular complexity index is 797. The Morgan fingerprint density at radius 2 is 1.96 bits per heavy atom. The number of benzene rings is 1. The van der Waals surface area contributed by atoms with Gasteiger partial charge in [-0.1, -0.05) is 54.3 Å². The number of allylic oxidation sites excluding steroid dienone is 2. The van der Waals surface area contributed by atoms with E-state index in [4.69, 9.17) is 17.0 Å². The molecule has 130 valence electrons. The molecule has 1 aromatic rings. The van der Waals surface area contributed by atoms with Crippen molar-refractivity contribution >= 4 is 40.0 Å². The van der Waals surface area contributed by atoms with E-state index in [9.17, 15) is 4.79 Å². The molecule has 0 aliphatic carbocycles. The fraction of sp³-hybridized carbons (Fsp3) is 0.263. The van der Waals surface area contributed by atoms with E-state index in [2.05, 4.69) is 6.92 Å². The van der Waals surface area contributed by atoms with Crippen LogP contribution in [0.3, 0.4) is 0 Å². The van der Waals surface area contributed by atoms with E-state index in [-0.39, 0.29) is 5.91 Å². The molecule has 1 fully saturated rings. The van der Waals surface area contributed by atoms with Gasteiger partial charge < -0.3 is 9.64 Å². The Morgan fingerprint density at radius 3 is 2.56 bits per heavy atom. The highest BCUT2D eigenvalue weighted by Crippen LogP contribution is 2.35. The van der Waals surface area contributed by atoms with Gasteiger partial charge in [0.2, 0.25) is 0 Å². The molecule has 4 nitrogen and oxygen atoms in total. The smallest absolute Gasteiger partial charge is 0.266 e. The lowest BCUT2D eigenvalue weighted by molar-refractivity contribution is -0.122. The summed E-state index contributed by atoms with van der Waals surface area (Å²) < 4.78 is 6.66. The Morgan fingerprint density at radius 1 is 1.24 bits per heavy atom. The summed E-state index contributed by atoms with van der Waals surface area (Å²) in [5.74, 6) is 1.51. The number of carbonyl (C=O) groups is 1. The van der Waals surface area contributed by atoms with Gasteiger partial charge in [-0.15, -0.1) is 0 Å². The van der Waals surface area contributed by atoms with Crippen LogP contribution in [0.2, 0.25) is 0 Å². The summed E-state index contributed by atoms with van der Waals surface area (Å²) in [5.41, 5.74) is 1.89. The summed E-state index contributed by atoms with van der Waals surface area (Å²) in [4.78, 5) is 16.8. The molecule has 0 aromatic heterocycles. The van der Waals surface area contributed by atoms with E-state index in [1.165, 1.54) is 11.8 Å². The van der Waals surface area contributed by atoms with Crippen molar-refractivity contribution in [3.05, 3.63) is 64.5 Å². The summed E-state index contributed by atoms with van der Waals surface area (Å²) in [6, 6.07) is 9.98. The van der Waals surface area contributed by atoms with Crippen molar-refractivity contribution in [2.45, 2.75) is 20.8 Å². The first-order valence-electron chi connectivity index (χ1n) is 8.23. The number of likely N-dealkylation sites (N-methyl/N-ethyl adjacent to an activating group) is 1. The Kier molecular flexibility index (Phi) is 5.30. The van der Waals surface area contributed by atoms with Crippen LogP contribution in [0.1, 0.15) is 26.3 Å². The van der Waals surface area contributed by atoms with E-state index in [0.717, 1.165) is 29.3 Å². The molecule has 0 saturated carbocycles. The average molecular weight is 373 g/mol. The Hall–Kier alpha value is -2.05. The van der Waals surface area contributed by atoms with Crippen molar-refractivity contribution in [1.29, 1.82) is 0 Å². The molecule has 3 rings (SSSR count). The van der Waals surface area contributed by atoms with Gasteiger partial charge in [-0.3, -0.25) is 9.69 Å². The zero-order valence-electron chi connectivity index (χ0n) is 14.5. The summed E-state index contributed by atoms with van der Waals surface area (Å²) >= 11 is 6.64. The van der Waals surface area contributed by atoms with Crippen LogP contribution >= 0.6 is 24.0 Å². The molecular formula is C19H20N2O2S2. The first kappa shape index (κ1) is 17.8. The van der Waals surface area contributed by atoms with Crippen LogP contribution in [0.5, 0.6) is 0 Å². The molecule has 1 aromatic carbocycles. The SMILES string of the molecule is CCN1C=C(c2ccccc2)OC1=CC(C)=C1SC(=S)N(CC)C1=O. The maximum atomic E-state index is 12.5. The lowest BCUT2D eigenvalue weighted by Crippen LogP contribution is -2.27. The molecule has 0 spiro atoms. The van der Waals surface area contributed by atoms with Crippen molar-refractivity contribution < 1.29 is 9.53 Å². The maximum absolute atomic E-state index is 12.5. The van der Waals surface area contributed by atoms with Gasteiger partial charge in [0.25, 0.3) is 5.91 Å². The maximum Gasteiger partial charge on any atom is 0.266 e. The summed E-state index contributed by atoms with van der Waals surface area (Å²) in [6.45, 7) is 7.29. The van der Waals surface area contributed by atoms with E-state index >= 15 is 0 Å². The third-order valence-electron chi connectivity index (χ3n) is 4.03. The normalized spacial score (nSPS) is 21.1. The molecule has 2 aliphatic rings. The highest BCUT2D eigenvalue weighted by Gasteiger charge is 2.32. The first-order chi connectivity index (χ1) is 12.0.